The first kappa shape index (κ1) is 11.8. The molecule has 0 saturated carbocycles. The summed E-state index contributed by atoms with van der Waals surface area (Å²) < 4.78 is 1.18. The summed E-state index contributed by atoms with van der Waals surface area (Å²) in [5.41, 5.74) is 6.79. The van der Waals surface area contributed by atoms with Crippen LogP contribution in [0.2, 0.25) is 0 Å². The summed E-state index contributed by atoms with van der Waals surface area (Å²) in [6.45, 7) is 4.35. The molecular formula is C16H16BrN. The van der Waals surface area contributed by atoms with E-state index in [1.165, 1.54) is 32.4 Å². The van der Waals surface area contributed by atoms with Gasteiger partial charge in [-0.3, -0.25) is 0 Å². The van der Waals surface area contributed by atoms with Crippen LogP contribution in [0, 0.1) is 13.8 Å². The predicted molar refractivity (Wildman–Crippen MR) is 80.1 cm³/mol. The van der Waals surface area contributed by atoms with Crippen LogP contribution in [0.15, 0.2) is 40.9 Å². The standard InChI is InChI=1S/C16H16BrN/c1-10-7-12-9-16(18-15(12)8-11(10)2)13-5-3-4-6-14(13)17/h3-8,16,18H,9H2,1-2H3. The molecule has 0 spiro atoms. The summed E-state index contributed by atoms with van der Waals surface area (Å²) >= 11 is 3.64. The van der Waals surface area contributed by atoms with E-state index in [1.54, 1.807) is 0 Å². The van der Waals surface area contributed by atoms with Gasteiger partial charge in [-0.2, -0.15) is 0 Å². The van der Waals surface area contributed by atoms with E-state index < -0.39 is 0 Å². The fourth-order valence-corrected chi connectivity index (χ4v) is 3.14. The molecule has 0 saturated heterocycles. The van der Waals surface area contributed by atoms with Crippen molar-refractivity contribution < 1.29 is 0 Å². The topological polar surface area (TPSA) is 12.0 Å². The molecule has 1 unspecified atom stereocenters. The Hall–Kier alpha value is -1.28. The van der Waals surface area contributed by atoms with Crippen LogP contribution < -0.4 is 5.32 Å². The Bertz CT molecular complexity index is 573. The van der Waals surface area contributed by atoms with Gasteiger partial charge in [-0.1, -0.05) is 40.2 Å². The molecule has 1 heterocycles. The number of nitrogens with one attached hydrogen (secondary N) is 1. The molecule has 92 valence electrons. The minimum Gasteiger partial charge on any atom is -0.378 e. The highest BCUT2D eigenvalue weighted by molar-refractivity contribution is 9.10. The third-order valence-electron chi connectivity index (χ3n) is 3.75. The van der Waals surface area contributed by atoms with Gasteiger partial charge >= 0.3 is 0 Å². The quantitative estimate of drug-likeness (QED) is 0.799. The minimum absolute atomic E-state index is 0.386. The molecule has 0 bridgehead atoms. The van der Waals surface area contributed by atoms with Gasteiger partial charge in [0.2, 0.25) is 0 Å². The van der Waals surface area contributed by atoms with Gasteiger partial charge in [0.25, 0.3) is 0 Å². The van der Waals surface area contributed by atoms with Crippen LogP contribution in [-0.4, -0.2) is 0 Å². The van der Waals surface area contributed by atoms with E-state index in [0.29, 0.717) is 6.04 Å². The number of hydrogen-bond donors (Lipinski definition) is 1. The van der Waals surface area contributed by atoms with Gasteiger partial charge in [0.1, 0.15) is 0 Å². The van der Waals surface area contributed by atoms with Crippen molar-refractivity contribution in [3.63, 3.8) is 0 Å². The second-order valence-electron chi connectivity index (χ2n) is 5.02. The highest BCUT2D eigenvalue weighted by Crippen LogP contribution is 2.37. The zero-order valence-corrected chi connectivity index (χ0v) is 12.2. The lowest BCUT2D eigenvalue weighted by molar-refractivity contribution is 0.819. The van der Waals surface area contributed by atoms with Crippen molar-refractivity contribution >= 4 is 21.6 Å². The van der Waals surface area contributed by atoms with E-state index in [1.807, 2.05) is 0 Å². The molecule has 1 atom stereocenters. The molecule has 0 fully saturated rings. The summed E-state index contributed by atoms with van der Waals surface area (Å²) in [7, 11) is 0. The molecule has 2 heteroatoms. The van der Waals surface area contributed by atoms with Crippen LogP contribution >= 0.6 is 15.9 Å². The molecular weight excluding hydrogens is 286 g/mol. The van der Waals surface area contributed by atoms with Crippen molar-refractivity contribution in [2.24, 2.45) is 0 Å². The number of aryl methyl sites for hydroxylation is 2. The molecule has 0 aromatic heterocycles. The maximum Gasteiger partial charge on any atom is 0.0566 e. The molecule has 1 nitrogen and oxygen atoms in total. The van der Waals surface area contributed by atoms with E-state index >= 15 is 0 Å². The highest BCUT2D eigenvalue weighted by atomic mass is 79.9. The molecule has 3 rings (SSSR count). The van der Waals surface area contributed by atoms with Crippen LogP contribution in [-0.2, 0) is 6.42 Å². The molecule has 0 radical (unpaired) electrons. The van der Waals surface area contributed by atoms with Crippen LogP contribution in [0.25, 0.3) is 0 Å². The monoisotopic (exact) mass is 301 g/mol. The van der Waals surface area contributed by atoms with Crippen molar-refractivity contribution in [1.29, 1.82) is 0 Å². The second kappa shape index (κ2) is 4.43. The summed E-state index contributed by atoms with van der Waals surface area (Å²) in [5.74, 6) is 0. The number of hydrogen-bond acceptors (Lipinski definition) is 1. The number of fused-ring (bicyclic) bond motifs is 1. The Balaban J connectivity index is 1.96. The fourth-order valence-electron chi connectivity index (χ4n) is 2.58. The Morgan fingerprint density at radius 3 is 2.61 bits per heavy atom. The fraction of sp³-hybridized carbons (Fsp3) is 0.250. The van der Waals surface area contributed by atoms with E-state index in [-0.39, 0.29) is 0 Å². The smallest absolute Gasteiger partial charge is 0.0566 e. The van der Waals surface area contributed by atoms with Crippen LogP contribution in [0.3, 0.4) is 0 Å². The van der Waals surface area contributed by atoms with Gasteiger partial charge in [0.05, 0.1) is 6.04 Å². The first-order valence-corrected chi connectivity index (χ1v) is 7.05. The molecule has 2 aromatic carbocycles. The van der Waals surface area contributed by atoms with Crippen molar-refractivity contribution in [3.05, 3.63) is 63.1 Å². The zero-order valence-electron chi connectivity index (χ0n) is 10.6. The molecule has 0 amide bonds. The van der Waals surface area contributed by atoms with E-state index in [0.717, 1.165) is 6.42 Å². The maximum absolute atomic E-state index is 3.64. The highest BCUT2D eigenvalue weighted by Gasteiger charge is 2.23. The molecule has 1 N–H and O–H groups in total. The van der Waals surface area contributed by atoms with Gasteiger partial charge in [-0.05, 0) is 54.7 Å². The Kier molecular flexibility index (Phi) is 2.90. The lowest BCUT2D eigenvalue weighted by Gasteiger charge is -2.13. The van der Waals surface area contributed by atoms with E-state index in [2.05, 4.69) is 71.5 Å². The van der Waals surface area contributed by atoms with Gasteiger partial charge in [-0.15, -0.1) is 0 Å². The predicted octanol–water partition coefficient (Wildman–Crippen LogP) is 4.78. The van der Waals surface area contributed by atoms with Gasteiger partial charge < -0.3 is 5.32 Å². The summed E-state index contributed by atoms with van der Waals surface area (Å²) in [6, 6.07) is 13.4. The number of rotatable bonds is 1. The van der Waals surface area contributed by atoms with Crippen molar-refractivity contribution in [2.75, 3.05) is 5.32 Å². The Morgan fingerprint density at radius 2 is 1.83 bits per heavy atom. The molecule has 2 aromatic rings. The van der Waals surface area contributed by atoms with Crippen LogP contribution in [0.1, 0.15) is 28.3 Å². The SMILES string of the molecule is Cc1cc2c(cc1C)NC(c1ccccc1Br)C2. The molecule has 18 heavy (non-hydrogen) atoms. The van der Waals surface area contributed by atoms with Crippen molar-refractivity contribution in [1.82, 2.24) is 0 Å². The first-order chi connectivity index (χ1) is 8.65. The molecule has 1 aliphatic heterocycles. The lowest BCUT2D eigenvalue weighted by atomic mass is 10.0. The van der Waals surface area contributed by atoms with Gasteiger partial charge in [0, 0.05) is 10.2 Å². The van der Waals surface area contributed by atoms with Crippen molar-refractivity contribution in [2.45, 2.75) is 26.3 Å². The Labute approximate surface area is 116 Å². The van der Waals surface area contributed by atoms with E-state index in [9.17, 15) is 0 Å². The van der Waals surface area contributed by atoms with Crippen molar-refractivity contribution in [3.8, 4) is 0 Å². The Morgan fingerprint density at radius 1 is 1.11 bits per heavy atom. The largest absolute Gasteiger partial charge is 0.378 e. The number of anilines is 1. The average Bonchev–Trinajstić information content (AvgIpc) is 2.73. The van der Waals surface area contributed by atoms with E-state index in [4.69, 9.17) is 0 Å². The van der Waals surface area contributed by atoms with Crippen LogP contribution in [0.5, 0.6) is 0 Å². The summed E-state index contributed by atoms with van der Waals surface area (Å²) in [5, 5.41) is 3.63. The summed E-state index contributed by atoms with van der Waals surface area (Å²) in [4.78, 5) is 0. The van der Waals surface area contributed by atoms with Gasteiger partial charge in [0.15, 0.2) is 0 Å². The zero-order chi connectivity index (χ0) is 12.7. The summed E-state index contributed by atoms with van der Waals surface area (Å²) in [6.07, 6.45) is 1.07. The lowest BCUT2D eigenvalue weighted by Crippen LogP contribution is -2.06. The average molecular weight is 302 g/mol. The number of benzene rings is 2. The number of halogens is 1. The van der Waals surface area contributed by atoms with Crippen LogP contribution in [0.4, 0.5) is 5.69 Å². The third-order valence-corrected chi connectivity index (χ3v) is 4.48. The minimum atomic E-state index is 0.386. The normalized spacial score (nSPS) is 17.4. The third kappa shape index (κ3) is 1.95. The maximum atomic E-state index is 3.64. The van der Waals surface area contributed by atoms with Gasteiger partial charge in [-0.25, -0.2) is 0 Å². The second-order valence-corrected chi connectivity index (χ2v) is 5.87. The first-order valence-electron chi connectivity index (χ1n) is 6.26. The molecule has 1 aliphatic rings. The molecule has 0 aliphatic carbocycles.